The number of hydrogen-bond donors (Lipinski definition) is 3. The summed E-state index contributed by atoms with van der Waals surface area (Å²) in [5, 5.41) is 4.70. The van der Waals surface area contributed by atoms with Crippen LogP contribution < -0.4 is 21.5 Å². The molecule has 1 fully saturated rings. The first-order chi connectivity index (χ1) is 20.5. The molecule has 230 valence electrons. The van der Waals surface area contributed by atoms with Gasteiger partial charge in [-0.15, -0.1) is 13.2 Å². The van der Waals surface area contributed by atoms with Gasteiger partial charge in [-0.05, 0) is 85.5 Å². The third-order valence-electron chi connectivity index (χ3n) is 7.56. The Bertz CT molecular complexity index is 1700. The number of sulfonamides is 1. The molecule has 43 heavy (non-hydrogen) atoms. The number of anilines is 1. The highest BCUT2D eigenvalue weighted by Crippen LogP contribution is 2.37. The van der Waals surface area contributed by atoms with E-state index in [1.165, 1.54) is 22.5 Å². The van der Waals surface area contributed by atoms with Crippen molar-refractivity contribution in [3.63, 3.8) is 0 Å². The van der Waals surface area contributed by atoms with Crippen LogP contribution in [0.4, 0.5) is 18.9 Å². The number of alkyl halides is 3. The average Bonchev–Trinajstić information content (AvgIpc) is 3.33. The fourth-order valence-electron chi connectivity index (χ4n) is 5.50. The quantitative estimate of drug-likeness (QED) is 0.199. The molecule has 13 heteroatoms. The van der Waals surface area contributed by atoms with Gasteiger partial charge in [-0.3, -0.25) is 0 Å². The second kappa shape index (κ2) is 12.7. The first-order valence-corrected chi connectivity index (χ1v) is 15.7. The lowest BCUT2D eigenvalue weighted by Gasteiger charge is -2.32. The highest BCUT2D eigenvalue weighted by molar-refractivity contribution is 7.89. The van der Waals surface area contributed by atoms with Crippen molar-refractivity contribution < 1.29 is 26.3 Å². The van der Waals surface area contributed by atoms with Gasteiger partial charge in [0.2, 0.25) is 10.0 Å². The molecule has 4 aromatic rings. The molecule has 3 aromatic carbocycles. The molecule has 0 bridgehead atoms. The number of benzene rings is 3. The summed E-state index contributed by atoms with van der Waals surface area (Å²) in [6.45, 7) is 1.69. The number of hydrogen-bond acceptors (Lipinski definition) is 6. The Morgan fingerprint density at radius 2 is 1.77 bits per heavy atom. The van der Waals surface area contributed by atoms with Gasteiger partial charge in [0, 0.05) is 65.6 Å². The largest absolute Gasteiger partial charge is 0.573 e. The molecule has 1 saturated heterocycles. The summed E-state index contributed by atoms with van der Waals surface area (Å²) in [6.07, 6.45) is -1.04. The molecule has 0 atom stereocenters. The first-order valence-electron chi connectivity index (χ1n) is 13.9. The molecular formula is C30H33ClF3N5O3S. The summed E-state index contributed by atoms with van der Waals surface area (Å²) in [6, 6.07) is 16.5. The van der Waals surface area contributed by atoms with Crippen LogP contribution in [0.3, 0.4) is 0 Å². The maximum Gasteiger partial charge on any atom is 0.573 e. The Morgan fingerprint density at radius 1 is 1.00 bits per heavy atom. The second-order valence-corrected chi connectivity index (χ2v) is 12.8. The van der Waals surface area contributed by atoms with Crippen molar-refractivity contribution in [3.8, 4) is 16.9 Å². The molecule has 1 aliphatic rings. The highest BCUT2D eigenvalue weighted by Gasteiger charge is 2.32. The summed E-state index contributed by atoms with van der Waals surface area (Å²) in [5.41, 5.74) is 15.0. The number of fused-ring (bicyclic) bond motifs is 1. The van der Waals surface area contributed by atoms with Gasteiger partial charge in [-0.1, -0.05) is 23.7 Å². The van der Waals surface area contributed by atoms with Crippen molar-refractivity contribution in [2.45, 2.75) is 49.7 Å². The van der Waals surface area contributed by atoms with E-state index in [1.54, 1.807) is 24.3 Å². The van der Waals surface area contributed by atoms with Gasteiger partial charge in [-0.2, -0.15) is 4.31 Å². The molecular weight excluding hydrogens is 603 g/mol. The molecule has 0 amide bonds. The van der Waals surface area contributed by atoms with Gasteiger partial charge in [-0.25, -0.2) is 8.42 Å². The van der Waals surface area contributed by atoms with Crippen molar-refractivity contribution in [1.82, 2.24) is 8.87 Å². The minimum absolute atomic E-state index is 0.0456. The third kappa shape index (κ3) is 7.10. The van der Waals surface area contributed by atoms with E-state index in [-0.39, 0.29) is 23.2 Å². The fraction of sp³-hybridized carbons (Fsp3) is 0.333. The Balaban J connectivity index is 1.45. The Labute approximate surface area is 253 Å². The number of rotatable bonds is 10. The molecule has 1 aromatic heterocycles. The molecule has 0 radical (unpaired) electrons. The van der Waals surface area contributed by atoms with Gasteiger partial charge in [0.25, 0.3) is 0 Å². The zero-order valence-corrected chi connectivity index (χ0v) is 24.9. The molecule has 0 saturated carbocycles. The van der Waals surface area contributed by atoms with E-state index in [1.807, 2.05) is 29.0 Å². The van der Waals surface area contributed by atoms with E-state index in [4.69, 9.17) is 23.1 Å². The Morgan fingerprint density at radius 3 is 2.44 bits per heavy atom. The summed E-state index contributed by atoms with van der Waals surface area (Å²) in [7, 11) is -3.82. The lowest BCUT2D eigenvalue weighted by atomic mass is 9.99. The van der Waals surface area contributed by atoms with Crippen molar-refractivity contribution in [1.29, 1.82) is 0 Å². The molecule has 8 nitrogen and oxygen atoms in total. The van der Waals surface area contributed by atoms with Crippen molar-refractivity contribution in [2.24, 2.45) is 11.5 Å². The van der Waals surface area contributed by atoms with Crippen molar-refractivity contribution in [3.05, 3.63) is 77.4 Å². The topological polar surface area (TPSA) is 116 Å². The van der Waals surface area contributed by atoms with Crippen LogP contribution >= 0.6 is 11.6 Å². The van der Waals surface area contributed by atoms with Gasteiger partial charge >= 0.3 is 6.36 Å². The van der Waals surface area contributed by atoms with Crippen LogP contribution in [-0.4, -0.2) is 49.3 Å². The minimum atomic E-state index is -4.84. The van der Waals surface area contributed by atoms with Gasteiger partial charge in [0.05, 0.1) is 4.90 Å². The van der Waals surface area contributed by atoms with Gasteiger partial charge in [0.1, 0.15) is 5.75 Å². The molecule has 1 aliphatic heterocycles. The minimum Gasteiger partial charge on any atom is -0.406 e. The average molecular weight is 636 g/mol. The maximum absolute atomic E-state index is 13.8. The molecule has 0 spiro atoms. The van der Waals surface area contributed by atoms with Crippen LogP contribution in [0.25, 0.3) is 22.0 Å². The van der Waals surface area contributed by atoms with Crippen LogP contribution in [0.5, 0.6) is 5.75 Å². The summed E-state index contributed by atoms with van der Waals surface area (Å²) in [5.74, 6) is -0.375. The summed E-state index contributed by atoms with van der Waals surface area (Å²) < 4.78 is 73.6. The molecule has 2 heterocycles. The number of nitrogens with two attached hydrogens (primary N) is 2. The maximum atomic E-state index is 13.8. The predicted octanol–water partition coefficient (Wildman–Crippen LogP) is 5.93. The number of aryl methyl sites for hydroxylation is 1. The van der Waals surface area contributed by atoms with E-state index < -0.39 is 16.4 Å². The monoisotopic (exact) mass is 635 g/mol. The van der Waals surface area contributed by atoms with Gasteiger partial charge < -0.3 is 26.1 Å². The standard InChI is InChI=1S/C30H33ClF3N5O3S/c31-21-3-1-4-23(16-21)37-22-9-13-39(14-10-22)43(40,41)25-6-8-29-27(17-25)28(19-38(29)12-2-11-35)26-7-5-24(15-20(26)18-36)42-30(32,33)34/h1,3-8,15-17,19,22,37H,2,9-14,18,35-36H2. The first kappa shape index (κ1) is 31.1. The highest BCUT2D eigenvalue weighted by atomic mass is 35.5. The number of ether oxygens (including phenoxy) is 1. The molecule has 0 unspecified atom stereocenters. The molecule has 5 N–H and O–H groups in total. The zero-order chi connectivity index (χ0) is 30.8. The van der Waals surface area contributed by atoms with E-state index in [0.29, 0.717) is 72.5 Å². The lowest BCUT2D eigenvalue weighted by Crippen LogP contribution is -2.42. The summed E-state index contributed by atoms with van der Waals surface area (Å²) in [4.78, 5) is 0.144. The molecule has 0 aliphatic carbocycles. The SMILES string of the molecule is NCCCn1cc(-c2ccc(OC(F)(F)F)cc2CN)c2cc(S(=O)(=O)N3CCC(Nc4cccc(Cl)c4)CC3)ccc21. The Kier molecular flexibility index (Phi) is 9.23. The smallest absolute Gasteiger partial charge is 0.406 e. The lowest BCUT2D eigenvalue weighted by molar-refractivity contribution is -0.274. The van der Waals surface area contributed by atoms with Crippen LogP contribution in [0.1, 0.15) is 24.8 Å². The zero-order valence-electron chi connectivity index (χ0n) is 23.3. The van der Waals surface area contributed by atoms with Crippen molar-refractivity contribution in [2.75, 3.05) is 25.0 Å². The van der Waals surface area contributed by atoms with Crippen LogP contribution in [0.2, 0.25) is 5.02 Å². The van der Waals surface area contributed by atoms with E-state index in [9.17, 15) is 21.6 Å². The van der Waals surface area contributed by atoms with Crippen LogP contribution in [0.15, 0.2) is 71.8 Å². The predicted molar refractivity (Wildman–Crippen MR) is 162 cm³/mol. The normalized spacial score (nSPS) is 15.2. The number of aromatic nitrogens is 1. The van der Waals surface area contributed by atoms with Crippen molar-refractivity contribution >= 4 is 38.2 Å². The molecule has 5 rings (SSSR count). The number of nitrogens with one attached hydrogen (secondary N) is 1. The van der Waals surface area contributed by atoms with Crippen LogP contribution in [0, 0.1) is 0 Å². The van der Waals surface area contributed by atoms with Crippen LogP contribution in [-0.2, 0) is 23.1 Å². The summed E-state index contributed by atoms with van der Waals surface area (Å²) >= 11 is 6.09. The second-order valence-electron chi connectivity index (χ2n) is 10.5. The number of halogens is 4. The van der Waals surface area contributed by atoms with Gasteiger partial charge in [0.15, 0.2) is 0 Å². The van der Waals surface area contributed by atoms with E-state index in [0.717, 1.165) is 11.2 Å². The Hall–Kier alpha value is -3.29. The number of nitrogens with zero attached hydrogens (tertiary/aromatic N) is 2. The number of piperidine rings is 1. The fourth-order valence-corrected chi connectivity index (χ4v) is 7.19. The van der Waals surface area contributed by atoms with E-state index >= 15 is 0 Å². The third-order valence-corrected chi connectivity index (χ3v) is 9.69. The van der Waals surface area contributed by atoms with E-state index in [2.05, 4.69) is 10.1 Å².